The van der Waals surface area contributed by atoms with E-state index in [1.165, 1.54) is 6.26 Å². The molecule has 0 aliphatic carbocycles. The lowest BCUT2D eigenvalue weighted by Gasteiger charge is -2.11. The average molecular weight is 356 g/mol. The van der Waals surface area contributed by atoms with Gasteiger partial charge in [-0.3, -0.25) is 5.10 Å². The number of nitrogens with zero attached hydrogens (tertiary/aromatic N) is 1. The number of aryl methyl sites for hydroxylation is 2. The van der Waals surface area contributed by atoms with Gasteiger partial charge in [-0.15, -0.1) is 0 Å². The molecule has 2 aromatic carbocycles. The van der Waals surface area contributed by atoms with Gasteiger partial charge in [0.2, 0.25) is 0 Å². The smallest absolute Gasteiger partial charge is 0.175 e. The maximum Gasteiger partial charge on any atom is 0.175 e. The van der Waals surface area contributed by atoms with E-state index in [-0.39, 0.29) is 0 Å². The second kappa shape index (κ2) is 6.37. The lowest BCUT2D eigenvalue weighted by atomic mass is 9.98. The van der Waals surface area contributed by atoms with E-state index in [1.54, 1.807) is 31.4 Å². The Balaban J connectivity index is 2.07. The minimum atomic E-state index is -3.21. The number of hydrogen-bond donors (Lipinski definition) is 1. The Kier molecular flexibility index (Phi) is 4.39. The van der Waals surface area contributed by atoms with Crippen molar-refractivity contribution >= 4 is 9.84 Å². The maximum absolute atomic E-state index is 11.6. The Morgan fingerprint density at radius 1 is 1.00 bits per heavy atom. The minimum absolute atomic E-state index is 0.296. The van der Waals surface area contributed by atoms with Gasteiger partial charge in [-0.25, -0.2) is 8.42 Å². The number of hydrogen-bond acceptors (Lipinski definition) is 4. The second-order valence-corrected chi connectivity index (χ2v) is 8.10. The van der Waals surface area contributed by atoms with Crippen LogP contribution in [0.1, 0.15) is 11.1 Å². The molecule has 3 aromatic rings. The van der Waals surface area contributed by atoms with Crippen LogP contribution in [0.2, 0.25) is 0 Å². The van der Waals surface area contributed by atoms with Gasteiger partial charge in [0.05, 0.1) is 17.7 Å². The van der Waals surface area contributed by atoms with Gasteiger partial charge in [0.15, 0.2) is 9.84 Å². The molecule has 130 valence electrons. The molecule has 1 heterocycles. The van der Waals surface area contributed by atoms with E-state index < -0.39 is 9.84 Å². The first-order valence-corrected chi connectivity index (χ1v) is 9.70. The third-order valence-electron chi connectivity index (χ3n) is 4.17. The molecule has 0 spiro atoms. The van der Waals surface area contributed by atoms with Gasteiger partial charge >= 0.3 is 0 Å². The van der Waals surface area contributed by atoms with E-state index in [2.05, 4.69) is 22.3 Å². The Morgan fingerprint density at radius 2 is 1.60 bits per heavy atom. The average Bonchev–Trinajstić information content (AvgIpc) is 3.03. The third kappa shape index (κ3) is 3.30. The Hall–Kier alpha value is -2.60. The summed E-state index contributed by atoms with van der Waals surface area (Å²) in [6.07, 6.45) is 3.05. The Morgan fingerprint density at radius 3 is 2.12 bits per heavy atom. The van der Waals surface area contributed by atoms with Crippen LogP contribution in [0.5, 0.6) is 5.75 Å². The van der Waals surface area contributed by atoms with Crippen LogP contribution in [0.3, 0.4) is 0 Å². The number of sulfone groups is 1. The van der Waals surface area contributed by atoms with Gasteiger partial charge in [0.1, 0.15) is 5.75 Å². The van der Waals surface area contributed by atoms with Gasteiger partial charge < -0.3 is 4.74 Å². The molecule has 0 radical (unpaired) electrons. The molecule has 3 rings (SSSR count). The number of benzene rings is 2. The molecule has 0 aliphatic rings. The van der Waals surface area contributed by atoms with E-state index in [0.717, 1.165) is 39.3 Å². The first kappa shape index (κ1) is 17.2. The van der Waals surface area contributed by atoms with Crippen LogP contribution >= 0.6 is 0 Å². The fourth-order valence-corrected chi connectivity index (χ4v) is 3.65. The molecule has 0 aliphatic heterocycles. The van der Waals surface area contributed by atoms with Crippen LogP contribution < -0.4 is 4.74 Å². The van der Waals surface area contributed by atoms with Crippen LogP contribution in [0.25, 0.3) is 22.4 Å². The van der Waals surface area contributed by atoms with Crippen molar-refractivity contribution in [3.63, 3.8) is 0 Å². The van der Waals surface area contributed by atoms with Crippen molar-refractivity contribution in [3.05, 3.63) is 53.7 Å². The highest BCUT2D eigenvalue weighted by atomic mass is 32.2. The molecule has 0 fully saturated rings. The molecule has 1 aromatic heterocycles. The highest BCUT2D eigenvalue weighted by molar-refractivity contribution is 7.90. The normalized spacial score (nSPS) is 11.5. The van der Waals surface area contributed by atoms with Crippen molar-refractivity contribution in [1.29, 1.82) is 0 Å². The number of aromatic amines is 1. The topological polar surface area (TPSA) is 72.0 Å². The molecule has 0 bridgehead atoms. The van der Waals surface area contributed by atoms with E-state index >= 15 is 0 Å². The zero-order valence-corrected chi connectivity index (χ0v) is 15.4. The monoisotopic (exact) mass is 356 g/mol. The zero-order chi connectivity index (χ0) is 18.2. The molecular weight excluding hydrogens is 336 g/mol. The number of methoxy groups -OCH3 is 1. The number of rotatable bonds is 4. The summed E-state index contributed by atoms with van der Waals surface area (Å²) in [6.45, 7) is 4.02. The number of H-pyrrole nitrogens is 1. The predicted molar refractivity (Wildman–Crippen MR) is 98.6 cm³/mol. The summed E-state index contributed by atoms with van der Waals surface area (Å²) in [7, 11) is -1.54. The molecule has 6 heteroatoms. The number of ether oxygens (including phenoxy) is 1. The zero-order valence-electron chi connectivity index (χ0n) is 14.6. The molecule has 1 N–H and O–H groups in total. The summed E-state index contributed by atoms with van der Waals surface area (Å²) >= 11 is 0. The predicted octanol–water partition coefficient (Wildman–Crippen LogP) is 3.77. The van der Waals surface area contributed by atoms with Crippen LogP contribution in [-0.2, 0) is 9.84 Å². The lowest BCUT2D eigenvalue weighted by Crippen LogP contribution is -1.96. The Bertz CT molecular complexity index is 996. The maximum atomic E-state index is 11.6. The molecule has 0 unspecified atom stereocenters. The van der Waals surface area contributed by atoms with E-state index in [9.17, 15) is 8.42 Å². The molecule has 25 heavy (non-hydrogen) atoms. The summed E-state index contributed by atoms with van der Waals surface area (Å²) in [5.74, 6) is 0.881. The van der Waals surface area contributed by atoms with E-state index in [1.807, 2.05) is 20.0 Å². The van der Waals surface area contributed by atoms with Gasteiger partial charge in [-0.1, -0.05) is 12.1 Å². The highest BCUT2D eigenvalue weighted by Gasteiger charge is 2.14. The third-order valence-corrected chi connectivity index (χ3v) is 5.30. The standard InChI is InChI=1S/C19H20N2O3S/c1-12-9-15(10-13(2)19(12)24-3)17-11-20-21-18(17)14-5-7-16(8-6-14)25(4,22)23/h5-11H,1-4H3,(H,20,21). The van der Waals surface area contributed by atoms with Gasteiger partial charge in [-0.2, -0.15) is 5.10 Å². The van der Waals surface area contributed by atoms with Crippen molar-refractivity contribution in [2.45, 2.75) is 18.7 Å². The molecule has 0 saturated heterocycles. The molecule has 0 atom stereocenters. The second-order valence-electron chi connectivity index (χ2n) is 6.09. The summed E-state index contributed by atoms with van der Waals surface area (Å²) in [4.78, 5) is 0.296. The van der Waals surface area contributed by atoms with Gasteiger partial charge in [0, 0.05) is 23.6 Å². The van der Waals surface area contributed by atoms with Gasteiger partial charge in [0.25, 0.3) is 0 Å². The quantitative estimate of drug-likeness (QED) is 0.772. The van der Waals surface area contributed by atoms with Crippen molar-refractivity contribution in [1.82, 2.24) is 10.2 Å². The largest absolute Gasteiger partial charge is 0.496 e. The summed E-state index contributed by atoms with van der Waals surface area (Å²) in [5, 5.41) is 7.26. The van der Waals surface area contributed by atoms with Crippen molar-refractivity contribution in [2.75, 3.05) is 13.4 Å². The Labute approximate surface area is 147 Å². The highest BCUT2D eigenvalue weighted by Crippen LogP contribution is 2.34. The van der Waals surface area contributed by atoms with Crippen LogP contribution in [0.4, 0.5) is 0 Å². The van der Waals surface area contributed by atoms with E-state index in [4.69, 9.17) is 4.74 Å². The van der Waals surface area contributed by atoms with Crippen molar-refractivity contribution in [2.24, 2.45) is 0 Å². The number of aromatic nitrogens is 2. The molecule has 0 saturated carbocycles. The lowest BCUT2D eigenvalue weighted by molar-refractivity contribution is 0.408. The van der Waals surface area contributed by atoms with Crippen LogP contribution in [-0.4, -0.2) is 32.0 Å². The summed E-state index contributed by atoms with van der Waals surface area (Å²) in [5.41, 5.74) is 5.74. The molecule has 5 nitrogen and oxygen atoms in total. The van der Waals surface area contributed by atoms with Crippen LogP contribution in [0.15, 0.2) is 47.5 Å². The fraction of sp³-hybridized carbons (Fsp3) is 0.211. The first-order chi connectivity index (χ1) is 11.8. The molecule has 0 amide bonds. The fourth-order valence-electron chi connectivity index (χ4n) is 3.02. The number of nitrogens with one attached hydrogen (secondary N) is 1. The van der Waals surface area contributed by atoms with Crippen LogP contribution in [0, 0.1) is 13.8 Å². The molecular formula is C19H20N2O3S. The van der Waals surface area contributed by atoms with E-state index in [0.29, 0.717) is 4.90 Å². The first-order valence-electron chi connectivity index (χ1n) is 7.81. The van der Waals surface area contributed by atoms with Crippen molar-refractivity contribution < 1.29 is 13.2 Å². The minimum Gasteiger partial charge on any atom is -0.496 e. The summed E-state index contributed by atoms with van der Waals surface area (Å²) < 4.78 is 28.7. The summed E-state index contributed by atoms with van der Waals surface area (Å²) in [6, 6.07) is 10.9. The van der Waals surface area contributed by atoms with Gasteiger partial charge in [-0.05, 0) is 54.8 Å². The SMILES string of the molecule is COc1c(C)cc(-c2c[nH]nc2-c2ccc(S(C)(=O)=O)cc2)cc1C. The van der Waals surface area contributed by atoms with Crippen molar-refractivity contribution in [3.8, 4) is 28.1 Å².